The minimum Gasteiger partial charge on any atom is -0.497 e. The van der Waals surface area contributed by atoms with Crippen molar-refractivity contribution >= 4 is 23.0 Å². The number of ether oxygens (including phenoxy) is 1. The van der Waals surface area contributed by atoms with E-state index in [0.29, 0.717) is 17.1 Å². The number of anilines is 1. The van der Waals surface area contributed by atoms with Gasteiger partial charge in [-0.1, -0.05) is 26.7 Å². The molecule has 1 aliphatic carbocycles. The van der Waals surface area contributed by atoms with E-state index in [1.165, 1.54) is 19.3 Å². The molecule has 1 fully saturated rings. The fourth-order valence-corrected chi connectivity index (χ4v) is 3.06. The molecule has 2 rings (SSSR count). The van der Waals surface area contributed by atoms with E-state index in [-0.39, 0.29) is 0 Å². The molecule has 110 valence electrons. The highest BCUT2D eigenvalue weighted by Crippen LogP contribution is 2.29. The third-order valence-corrected chi connectivity index (χ3v) is 4.59. The van der Waals surface area contributed by atoms with Crippen molar-refractivity contribution in [2.24, 2.45) is 11.8 Å². The van der Waals surface area contributed by atoms with Crippen LogP contribution < -0.4 is 15.4 Å². The fraction of sp³-hybridized carbons (Fsp3) is 0.562. The fourth-order valence-electron chi connectivity index (χ4n) is 2.80. The number of methoxy groups -OCH3 is 1. The van der Waals surface area contributed by atoms with Crippen molar-refractivity contribution in [2.45, 2.75) is 39.2 Å². The normalized spacial score (nSPS) is 25.9. The summed E-state index contributed by atoms with van der Waals surface area (Å²) >= 11 is 5.42. The lowest BCUT2D eigenvalue weighted by molar-refractivity contribution is 0.225. The minimum absolute atomic E-state index is 0.483. The molecule has 0 bridgehead atoms. The minimum atomic E-state index is 0.483. The van der Waals surface area contributed by atoms with Gasteiger partial charge in [0.2, 0.25) is 0 Å². The van der Waals surface area contributed by atoms with Crippen molar-refractivity contribution in [3.63, 3.8) is 0 Å². The van der Waals surface area contributed by atoms with Crippen molar-refractivity contribution in [1.29, 1.82) is 0 Å². The lowest BCUT2D eigenvalue weighted by Gasteiger charge is -2.35. The van der Waals surface area contributed by atoms with E-state index in [9.17, 15) is 0 Å². The summed E-state index contributed by atoms with van der Waals surface area (Å²) in [5, 5.41) is 7.42. The summed E-state index contributed by atoms with van der Waals surface area (Å²) in [5.74, 6) is 2.29. The van der Waals surface area contributed by atoms with Gasteiger partial charge in [0.05, 0.1) is 7.11 Å². The molecule has 0 aromatic heterocycles. The summed E-state index contributed by atoms with van der Waals surface area (Å²) in [6, 6.07) is 8.28. The highest BCUT2D eigenvalue weighted by Gasteiger charge is 2.27. The Labute approximate surface area is 127 Å². The van der Waals surface area contributed by atoms with Crippen molar-refractivity contribution in [2.75, 3.05) is 12.4 Å². The topological polar surface area (TPSA) is 33.3 Å². The molecule has 0 unspecified atom stereocenters. The van der Waals surface area contributed by atoms with Crippen LogP contribution in [-0.2, 0) is 0 Å². The van der Waals surface area contributed by atoms with Gasteiger partial charge in [0.1, 0.15) is 5.75 Å². The molecule has 1 aromatic carbocycles. The second kappa shape index (κ2) is 6.93. The van der Waals surface area contributed by atoms with Crippen LogP contribution in [0.2, 0.25) is 0 Å². The van der Waals surface area contributed by atoms with Gasteiger partial charge in [-0.25, -0.2) is 0 Å². The quantitative estimate of drug-likeness (QED) is 0.830. The van der Waals surface area contributed by atoms with E-state index in [2.05, 4.69) is 24.5 Å². The van der Waals surface area contributed by atoms with Crippen LogP contribution in [0, 0.1) is 11.8 Å². The molecule has 4 heteroatoms. The zero-order valence-electron chi connectivity index (χ0n) is 12.5. The van der Waals surface area contributed by atoms with Crippen molar-refractivity contribution < 1.29 is 4.74 Å². The van der Waals surface area contributed by atoms with Crippen LogP contribution >= 0.6 is 12.2 Å². The van der Waals surface area contributed by atoms with Crippen molar-refractivity contribution in [3.05, 3.63) is 24.3 Å². The zero-order chi connectivity index (χ0) is 14.5. The molecule has 0 spiro atoms. The standard InChI is InChI=1S/C16H24N2OS/c1-11-5-4-6-15(12(11)2)18-16(20)17-13-7-9-14(19-3)10-8-13/h7-12,15H,4-6H2,1-3H3,(H2,17,18,20)/t11-,12+,15+/m1/s1. The van der Waals surface area contributed by atoms with Crippen LogP contribution in [0.1, 0.15) is 33.1 Å². The molecule has 3 nitrogen and oxygen atoms in total. The smallest absolute Gasteiger partial charge is 0.171 e. The number of thiocarbonyl (C=S) groups is 1. The molecular weight excluding hydrogens is 268 g/mol. The molecule has 0 aliphatic heterocycles. The maximum atomic E-state index is 5.42. The van der Waals surface area contributed by atoms with Crippen LogP contribution in [0.4, 0.5) is 5.69 Å². The predicted octanol–water partition coefficient (Wildman–Crippen LogP) is 3.81. The summed E-state index contributed by atoms with van der Waals surface area (Å²) in [7, 11) is 1.67. The first kappa shape index (κ1) is 15.1. The Kier molecular flexibility index (Phi) is 5.24. The number of nitrogens with one attached hydrogen (secondary N) is 2. The lowest BCUT2D eigenvalue weighted by atomic mass is 9.78. The van der Waals surface area contributed by atoms with E-state index in [1.807, 2.05) is 24.3 Å². The number of rotatable bonds is 3. The van der Waals surface area contributed by atoms with Crippen LogP contribution in [0.3, 0.4) is 0 Å². The van der Waals surface area contributed by atoms with Gasteiger partial charge in [-0.2, -0.15) is 0 Å². The van der Waals surface area contributed by atoms with E-state index in [4.69, 9.17) is 17.0 Å². The average molecular weight is 292 g/mol. The molecule has 2 N–H and O–H groups in total. The van der Waals surface area contributed by atoms with E-state index in [1.54, 1.807) is 7.11 Å². The Morgan fingerprint density at radius 3 is 2.55 bits per heavy atom. The third-order valence-electron chi connectivity index (χ3n) is 4.37. The second-order valence-electron chi connectivity index (χ2n) is 5.70. The highest BCUT2D eigenvalue weighted by molar-refractivity contribution is 7.80. The summed E-state index contributed by atoms with van der Waals surface area (Å²) in [4.78, 5) is 0. The largest absolute Gasteiger partial charge is 0.497 e. The van der Waals surface area contributed by atoms with Gasteiger partial charge in [-0.15, -0.1) is 0 Å². The van der Waals surface area contributed by atoms with Gasteiger partial charge in [0.15, 0.2) is 5.11 Å². The Morgan fingerprint density at radius 1 is 1.20 bits per heavy atom. The summed E-state index contributed by atoms with van der Waals surface area (Å²) < 4.78 is 5.15. The maximum absolute atomic E-state index is 5.42. The first-order chi connectivity index (χ1) is 9.60. The van der Waals surface area contributed by atoms with E-state index in [0.717, 1.165) is 17.4 Å². The van der Waals surface area contributed by atoms with Crippen LogP contribution in [0.5, 0.6) is 5.75 Å². The molecule has 1 aliphatic rings. The Hall–Kier alpha value is -1.29. The number of hydrogen-bond donors (Lipinski definition) is 2. The summed E-state index contributed by atoms with van der Waals surface area (Å²) in [5.41, 5.74) is 0.986. The van der Waals surface area contributed by atoms with Gasteiger partial charge in [-0.05, 0) is 54.7 Å². The summed E-state index contributed by atoms with van der Waals surface area (Å²) in [6.45, 7) is 4.65. The van der Waals surface area contributed by atoms with Crippen LogP contribution in [-0.4, -0.2) is 18.3 Å². The van der Waals surface area contributed by atoms with E-state index >= 15 is 0 Å². The molecule has 20 heavy (non-hydrogen) atoms. The molecule has 0 radical (unpaired) electrons. The molecule has 0 heterocycles. The van der Waals surface area contributed by atoms with Gasteiger partial charge in [-0.3, -0.25) is 0 Å². The van der Waals surface area contributed by atoms with Crippen molar-refractivity contribution in [1.82, 2.24) is 5.32 Å². The first-order valence-corrected chi connectivity index (χ1v) is 7.72. The lowest BCUT2D eigenvalue weighted by Crippen LogP contribution is -2.45. The first-order valence-electron chi connectivity index (χ1n) is 7.31. The molecule has 0 saturated heterocycles. The molecule has 1 saturated carbocycles. The molecule has 1 aromatic rings. The average Bonchev–Trinajstić information content (AvgIpc) is 2.45. The maximum Gasteiger partial charge on any atom is 0.171 e. The monoisotopic (exact) mass is 292 g/mol. The number of benzene rings is 1. The third kappa shape index (κ3) is 3.85. The second-order valence-corrected chi connectivity index (χ2v) is 6.11. The van der Waals surface area contributed by atoms with Gasteiger partial charge < -0.3 is 15.4 Å². The van der Waals surface area contributed by atoms with E-state index < -0.39 is 0 Å². The SMILES string of the molecule is COc1ccc(NC(=S)N[C@H]2CCC[C@@H](C)[C@@H]2C)cc1. The number of hydrogen-bond acceptors (Lipinski definition) is 2. The Balaban J connectivity index is 1.88. The molecular formula is C16H24N2OS. The molecule has 3 atom stereocenters. The van der Waals surface area contributed by atoms with Gasteiger partial charge >= 0.3 is 0 Å². The Bertz CT molecular complexity index is 446. The predicted molar refractivity (Wildman–Crippen MR) is 88.3 cm³/mol. The summed E-state index contributed by atoms with van der Waals surface area (Å²) in [6.07, 6.45) is 3.82. The van der Waals surface area contributed by atoms with Crippen LogP contribution in [0.15, 0.2) is 24.3 Å². The Morgan fingerprint density at radius 2 is 1.90 bits per heavy atom. The highest BCUT2D eigenvalue weighted by atomic mass is 32.1. The van der Waals surface area contributed by atoms with Crippen LogP contribution in [0.25, 0.3) is 0 Å². The van der Waals surface area contributed by atoms with Gasteiger partial charge in [0, 0.05) is 11.7 Å². The van der Waals surface area contributed by atoms with Crippen molar-refractivity contribution in [3.8, 4) is 5.75 Å². The van der Waals surface area contributed by atoms with Gasteiger partial charge in [0.25, 0.3) is 0 Å². The molecule has 0 amide bonds. The zero-order valence-corrected chi connectivity index (χ0v) is 13.3.